The maximum absolute atomic E-state index is 2.48. The minimum Gasteiger partial charge on any atom is -0.145 e. The van der Waals surface area contributed by atoms with E-state index in [4.69, 9.17) is 0 Å². The molecule has 0 aliphatic carbocycles. The third kappa shape index (κ3) is 13.1. The summed E-state index contributed by atoms with van der Waals surface area (Å²) in [6.45, 7) is 14.9. The van der Waals surface area contributed by atoms with Crippen LogP contribution >= 0.6 is 7.68 Å². The van der Waals surface area contributed by atoms with E-state index in [1.165, 1.54) is 7.68 Å². The summed E-state index contributed by atoms with van der Waals surface area (Å²) >= 11 is 0. The van der Waals surface area contributed by atoms with E-state index in [0.29, 0.717) is 0 Å². The van der Waals surface area contributed by atoms with Gasteiger partial charge in [-0.25, -0.2) is 0 Å². The van der Waals surface area contributed by atoms with Gasteiger partial charge in [0.2, 0.25) is 0 Å². The maximum atomic E-state index is 2.48. The number of rotatable bonds is 2. The third-order valence-corrected chi connectivity index (χ3v) is 20.2. The summed E-state index contributed by atoms with van der Waals surface area (Å²) in [4.78, 5) is 0. The first-order valence-corrected chi connectivity index (χ1v) is 13.5. The van der Waals surface area contributed by atoms with Crippen LogP contribution in [-0.4, -0.2) is 15.5 Å². The second kappa shape index (κ2) is 5.28. The van der Waals surface area contributed by atoms with Crippen LogP contribution in [0.15, 0.2) is 0 Å². The van der Waals surface area contributed by atoms with Gasteiger partial charge >= 0.3 is 51.4 Å². The zero-order valence-corrected chi connectivity index (χ0v) is 14.6. The standard InChI is InChI=1S/C6H19PSi2.K/c1-8(2,3)7-9(4,5)6;/h7H,1-6H3;/q;+1. The van der Waals surface area contributed by atoms with E-state index in [1.807, 2.05) is 0 Å². The van der Waals surface area contributed by atoms with Gasteiger partial charge in [-0.15, -0.1) is 7.68 Å². The Labute approximate surface area is 112 Å². The predicted octanol–water partition coefficient (Wildman–Crippen LogP) is 0.339. The molecule has 0 fully saturated rings. The quantitative estimate of drug-likeness (QED) is 0.462. The van der Waals surface area contributed by atoms with Gasteiger partial charge in [0.1, 0.15) is 0 Å². The Kier molecular flexibility index (Phi) is 7.91. The molecule has 0 amide bonds. The zero-order valence-electron chi connectivity index (χ0n) is 8.50. The molecule has 56 valence electrons. The Morgan fingerprint density at radius 2 is 0.900 bits per heavy atom. The van der Waals surface area contributed by atoms with Crippen molar-refractivity contribution in [3.63, 3.8) is 0 Å². The van der Waals surface area contributed by atoms with E-state index < -0.39 is 15.5 Å². The molecule has 0 heterocycles. The van der Waals surface area contributed by atoms with Crippen LogP contribution in [0.5, 0.6) is 0 Å². The summed E-state index contributed by atoms with van der Waals surface area (Å²) in [5.41, 5.74) is 0. The van der Waals surface area contributed by atoms with Crippen LogP contribution in [-0.2, 0) is 0 Å². The molecule has 0 aliphatic heterocycles. The van der Waals surface area contributed by atoms with Gasteiger partial charge in [-0.05, 0) is 0 Å². The molecule has 0 N–H and O–H groups in total. The van der Waals surface area contributed by atoms with E-state index in [2.05, 4.69) is 39.3 Å². The molecule has 0 radical (unpaired) electrons. The molecule has 0 rings (SSSR count). The number of hydrogen-bond acceptors (Lipinski definition) is 0. The molecule has 0 saturated heterocycles. The predicted molar refractivity (Wildman–Crippen MR) is 55.0 cm³/mol. The molecular weight excluding hydrogens is 198 g/mol. The van der Waals surface area contributed by atoms with Gasteiger partial charge in [-0.1, -0.05) is 39.3 Å². The summed E-state index contributed by atoms with van der Waals surface area (Å²) < 4.78 is 0. The fourth-order valence-corrected chi connectivity index (χ4v) is 30.4. The van der Waals surface area contributed by atoms with Gasteiger partial charge in [0.05, 0.1) is 15.5 Å². The summed E-state index contributed by atoms with van der Waals surface area (Å²) in [6.07, 6.45) is 0. The van der Waals surface area contributed by atoms with E-state index in [-0.39, 0.29) is 51.4 Å². The van der Waals surface area contributed by atoms with Gasteiger partial charge in [0.25, 0.3) is 0 Å². The van der Waals surface area contributed by atoms with Crippen LogP contribution in [0.25, 0.3) is 0 Å². The molecular formula is C6H19KPSi2+. The van der Waals surface area contributed by atoms with Crippen molar-refractivity contribution >= 4 is 23.2 Å². The molecule has 0 aromatic rings. The van der Waals surface area contributed by atoms with E-state index in [0.717, 1.165) is 0 Å². The second-order valence-corrected chi connectivity index (χ2v) is 25.9. The normalized spacial score (nSPS) is 12.6. The van der Waals surface area contributed by atoms with Crippen LogP contribution in [0.1, 0.15) is 0 Å². The Morgan fingerprint density at radius 3 is 0.900 bits per heavy atom. The minimum absolute atomic E-state index is 0. The molecule has 0 aromatic carbocycles. The molecule has 0 saturated carbocycles. The summed E-state index contributed by atoms with van der Waals surface area (Å²) in [6, 6.07) is 0. The number of hydrogen-bond donors (Lipinski definition) is 0. The van der Waals surface area contributed by atoms with Gasteiger partial charge in [-0.3, -0.25) is 0 Å². The zero-order chi connectivity index (χ0) is 7.71. The monoisotopic (exact) mass is 217 g/mol. The second-order valence-electron chi connectivity index (χ2n) is 4.62. The Balaban J connectivity index is 0. The van der Waals surface area contributed by atoms with Gasteiger partial charge in [-0.2, -0.15) is 0 Å². The van der Waals surface area contributed by atoms with E-state index in [9.17, 15) is 0 Å². The smallest absolute Gasteiger partial charge is 0.145 e. The Bertz CT molecular complexity index is 80.9. The fourth-order valence-electron chi connectivity index (χ4n) is 1.12. The molecule has 0 bridgehead atoms. The van der Waals surface area contributed by atoms with Crippen LogP contribution in [0.4, 0.5) is 0 Å². The Hall–Kier alpha value is 2.50. The van der Waals surface area contributed by atoms with Crippen molar-refractivity contribution in [2.24, 2.45) is 0 Å². The molecule has 0 aliphatic rings. The van der Waals surface area contributed by atoms with Crippen LogP contribution < -0.4 is 51.4 Å². The fraction of sp³-hybridized carbons (Fsp3) is 1.00. The van der Waals surface area contributed by atoms with Crippen molar-refractivity contribution in [1.29, 1.82) is 0 Å². The van der Waals surface area contributed by atoms with Gasteiger partial charge in [0.15, 0.2) is 0 Å². The molecule has 4 heteroatoms. The molecule has 10 heavy (non-hydrogen) atoms. The Morgan fingerprint density at radius 1 is 0.700 bits per heavy atom. The van der Waals surface area contributed by atoms with Crippen molar-refractivity contribution in [3.8, 4) is 0 Å². The van der Waals surface area contributed by atoms with Crippen LogP contribution in [0, 0.1) is 0 Å². The van der Waals surface area contributed by atoms with E-state index >= 15 is 0 Å². The average Bonchev–Trinajstić information content (AvgIpc) is 1.14. The summed E-state index contributed by atoms with van der Waals surface area (Å²) in [5, 5.41) is 0. The van der Waals surface area contributed by atoms with Crippen molar-refractivity contribution < 1.29 is 51.4 Å². The topological polar surface area (TPSA) is 0 Å². The van der Waals surface area contributed by atoms with Crippen molar-refractivity contribution in [2.45, 2.75) is 39.3 Å². The summed E-state index contributed by atoms with van der Waals surface area (Å²) in [5.74, 6) is 0. The average molecular weight is 217 g/mol. The molecule has 0 unspecified atom stereocenters. The first-order chi connectivity index (χ1) is 3.71. The van der Waals surface area contributed by atoms with E-state index in [1.54, 1.807) is 0 Å². The van der Waals surface area contributed by atoms with Crippen LogP contribution in [0.3, 0.4) is 0 Å². The first kappa shape index (κ1) is 15.0. The minimum atomic E-state index is -0.703. The maximum Gasteiger partial charge on any atom is 1.00 e. The molecule has 0 spiro atoms. The molecule has 0 nitrogen and oxygen atoms in total. The van der Waals surface area contributed by atoms with Gasteiger partial charge < -0.3 is 0 Å². The molecule has 0 aromatic heterocycles. The summed E-state index contributed by atoms with van der Waals surface area (Å²) in [7, 11) is -0.0775. The van der Waals surface area contributed by atoms with Gasteiger partial charge in [0, 0.05) is 0 Å². The van der Waals surface area contributed by atoms with Crippen molar-refractivity contribution in [1.82, 2.24) is 0 Å². The van der Waals surface area contributed by atoms with Crippen molar-refractivity contribution in [3.05, 3.63) is 0 Å². The van der Waals surface area contributed by atoms with Crippen LogP contribution in [0.2, 0.25) is 39.3 Å². The first-order valence-electron chi connectivity index (χ1n) is 3.50. The SMILES string of the molecule is C[Si](C)(C)P[Si](C)(C)C.[K+]. The third-order valence-electron chi connectivity index (χ3n) is 0.750. The molecule has 0 atom stereocenters. The van der Waals surface area contributed by atoms with Crippen molar-refractivity contribution in [2.75, 3.05) is 0 Å². The largest absolute Gasteiger partial charge is 1.00 e.